The van der Waals surface area contributed by atoms with Gasteiger partial charge in [0.2, 0.25) is 0 Å². The van der Waals surface area contributed by atoms with Crippen molar-refractivity contribution in [2.24, 2.45) is 5.73 Å². The Morgan fingerprint density at radius 2 is 2.53 bits per heavy atom. The van der Waals surface area contributed by atoms with E-state index in [1.165, 1.54) is 24.2 Å². The van der Waals surface area contributed by atoms with E-state index in [0.29, 0.717) is 10.4 Å². The molecule has 0 saturated heterocycles. The largest absolute Gasteiger partial charge is 0.480 e. The van der Waals surface area contributed by atoms with Gasteiger partial charge < -0.3 is 16.2 Å². The monoisotopic (exact) mass is 273 g/mol. The van der Waals surface area contributed by atoms with Gasteiger partial charge in [-0.2, -0.15) is 11.8 Å². The van der Waals surface area contributed by atoms with Gasteiger partial charge >= 0.3 is 5.97 Å². The second-order valence-electron chi connectivity index (χ2n) is 4.13. The molecule has 0 radical (unpaired) electrons. The standard InChI is InChI=1S/C10H15N3O2S2/c1-16-10(2-3-10)5-12-9-13-6(4-17-9)7(11)8(14)15/h4,7H,2-3,5,11H2,1H3,(H,12,13)(H,14,15). The number of thioether (sulfide) groups is 1. The van der Waals surface area contributed by atoms with Crippen molar-refractivity contribution >= 4 is 34.2 Å². The van der Waals surface area contributed by atoms with Crippen molar-refractivity contribution in [3.8, 4) is 0 Å². The number of nitrogens with zero attached hydrogens (tertiary/aromatic N) is 1. The summed E-state index contributed by atoms with van der Waals surface area (Å²) in [5, 5.41) is 14.5. The third-order valence-corrected chi connectivity index (χ3v) is 5.15. The van der Waals surface area contributed by atoms with E-state index in [1.807, 2.05) is 11.8 Å². The summed E-state index contributed by atoms with van der Waals surface area (Å²) in [4.78, 5) is 14.9. The fraction of sp³-hybridized carbons (Fsp3) is 0.600. The van der Waals surface area contributed by atoms with Crippen molar-refractivity contribution in [3.05, 3.63) is 11.1 Å². The molecule has 1 aromatic heterocycles. The number of nitrogens with two attached hydrogens (primary N) is 1. The van der Waals surface area contributed by atoms with Crippen molar-refractivity contribution in [1.29, 1.82) is 0 Å². The van der Waals surface area contributed by atoms with Crippen molar-refractivity contribution in [2.75, 3.05) is 18.1 Å². The molecule has 0 amide bonds. The highest BCUT2D eigenvalue weighted by molar-refractivity contribution is 8.00. The van der Waals surface area contributed by atoms with Crippen molar-refractivity contribution in [1.82, 2.24) is 4.98 Å². The highest BCUT2D eigenvalue weighted by atomic mass is 32.2. The Morgan fingerprint density at radius 1 is 1.82 bits per heavy atom. The van der Waals surface area contributed by atoms with Crippen molar-refractivity contribution in [3.63, 3.8) is 0 Å². The number of carbonyl (C=O) groups is 1. The summed E-state index contributed by atoms with van der Waals surface area (Å²) in [7, 11) is 0. The van der Waals surface area contributed by atoms with Crippen molar-refractivity contribution < 1.29 is 9.90 Å². The minimum atomic E-state index is -1.05. The molecule has 1 aliphatic carbocycles. The minimum Gasteiger partial charge on any atom is -0.480 e. The molecule has 1 unspecified atom stereocenters. The Bertz CT molecular complexity index is 417. The number of thiazole rings is 1. The molecule has 0 spiro atoms. The molecule has 17 heavy (non-hydrogen) atoms. The normalized spacial score (nSPS) is 18.7. The molecule has 4 N–H and O–H groups in total. The lowest BCUT2D eigenvalue weighted by atomic mass is 10.2. The van der Waals surface area contributed by atoms with Crippen LogP contribution in [0.25, 0.3) is 0 Å². The Hall–Kier alpha value is -0.790. The highest BCUT2D eigenvalue weighted by Crippen LogP contribution is 2.47. The van der Waals surface area contributed by atoms with Crippen LogP contribution in [-0.4, -0.2) is 33.6 Å². The van der Waals surface area contributed by atoms with Gasteiger partial charge in [-0.05, 0) is 19.1 Å². The summed E-state index contributed by atoms with van der Waals surface area (Å²) >= 11 is 3.27. The van der Waals surface area contributed by atoms with Crippen LogP contribution in [0.2, 0.25) is 0 Å². The third kappa shape index (κ3) is 2.91. The fourth-order valence-electron chi connectivity index (χ4n) is 1.47. The zero-order valence-electron chi connectivity index (χ0n) is 9.47. The summed E-state index contributed by atoms with van der Waals surface area (Å²) in [5.74, 6) is -1.05. The van der Waals surface area contributed by atoms with E-state index in [-0.39, 0.29) is 0 Å². The van der Waals surface area contributed by atoms with Crippen LogP contribution in [0, 0.1) is 0 Å². The summed E-state index contributed by atoms with van der Waals surface area (Å²) < 4.78 is 0.362. The zero-order chi connectivity index (χ0) is 12.5. The Kier molecular flexibility index (Phi) is 3.60. The van der Waals surface area contributed by atoms with Gasteiger partial charge in [-0.25, -0.2) is 4.98 Å². The van der Waals surface area contributed by atoms with Gasteiger partial charge in [0, 0.05) is 16.7 Å². The van der Waals surface area contributed by atoms with Crippen molar-refractivity contribution in [2.45, 2.75) is 23.6 Å². The molecule has 5 nitrogen and oxygen atoms in total. The second-order valence-corrected chi connectivity index (χ2v) is 6.27. The lowest BCUT2D eigenvalue weighted by molar-refractivity contribution is -0.138. The molecule has 1 heterocycles. The quantitative estimate of drug-likeness (QED) is 0.728. The van der Waals surface area contributed by atoms with Crippen LogP contribution in [0.1, 0.15) is 24.6 Å². The zero-order valence-corrected chi connectivity index (χ0v) is 11.1. The molecule has 0 aromatic carbocycles. The number of anilines is 1. The first-order valence-electron chi connectivity index (χ1n) is 5.29. The second kappa shape index (κ2) is 4.83. The molecule has 0 aliphatic heterocycles. The Balaban J connectivity index is 1.92. The fourth-order valence-corrected chi connectivity index (χ4v) is 2.94. The topological polar surface area (TPSA) is 88.2 Å². The van der Waals surface area contributed by atoms with Crippen LogP contribution in [0.4, 0.5) is 5.13 Å². The van der Waals surface area contributed by atoms with E-state index in [1.54, 1.807) is 5.38 Å². The summed E-state index contributed by atoms with van der Waals surface area (Å²) in [6, 6.07) is -1.03. The molecule has 2 rings (SSSR count). The van der Waals surface area contributed by atoms with E-state index in [2.05, 4.69) is 16.6 Å². The third-order valence-electron chi connectivity index (χ3n) is 2.91. The molecule has 7 heteroatoms. The first-order chi connectivity index (χ1) is 8.06. The molecule has 94 valence electrons. The SMILES string of the molecule is CSC1(CNc2nc(C(N)C(=O)O)cs2)CC1. The number of nitrogens with one attached hydrogen (secondary N) is 1. The van der Waals surface area contributed by atoms with Gasteiger partial charge in [-0.15, -0.1) is 11.3 Å². The smallest absolute Gasteiger partial charge is 0.326 e. The van der Waals surface area contributed by atoms with Gasteiger partial charge in [-0.1, -0.05) is 0 Å². The van der Waals surface area contributed by atoms with Gasteiger partial charge in [0.05, 0.1) is 5.69 Å². The number of carboxylic acid groups (broad SMARTS) is 1. The van der Waals surface area contributed by atoms with Crippen LogP contribution in [0.3, 0.4) is 0 Å². The molecule has 1 aliphatic rings. The molecule has 1 fully saturated rings. The lowest BCUT2D eigenvalue weighted by Gasteiger charge is -2.11. The van der Waals surface area contributed by atoms with Gasteiger partial charge in [0.1, 0.15) is 6.04 Å². The Labute approximate surface area is 108 Å². The van der Waals surface area contributed by atoms with E-state index in [4.69, 9.17) is 10.8 Å². The number of aromatic nitrogens is 1. The van der Waals surface area contributed by atoms with Gasteiger partial charge in [0.15, 0.2) is 5.13 Å². The van der Waals surface area contributed by atoms with Gasteiger partial charge in [0.25, 0.3) is 0 Å². The highest BCUT2D eigenvalue weighted by Gasteiger charge is 2.41. The summed E-state index contributed by atoms with van der Waals surface area (Å²) in [5.41, 5.74) is 5.90. The molecular formula is C10H15N3O2S2. The molecule has 1 aromatic rings. The minimum absolute atomic E-state index is 0.362. The number of aliphatic carboxylic acids is 1. The average Bonchev–Trinajstić information content (AvgIpc) is 2.95. The maximum Gasteiger partial charge on any atom is 0.326 e. The van der Waals surface area contributed by atoms with Crippen LogP contribution >= 0.6 is 23.1 Å². The first-order valence-corrected chi connectivity index (χ1v) is 7.40. The maximum absolute atomic E-state index is 10.7. The predicted octanol–water partition coefficient (Wildman–Crippen LogP) is 1.53. The first kappa shape index (κ1) is 12.7. The predicted molar refractivity (Wildman–Crippen MR) is 70.6 cm³/mol. The average molecular weight is 273 g/mol. The molecular weight excluding hydrogens is 258 g/mol. The number of hydrogen-bond donors (Lipinski definition) is 3. The lowest BCUT2D eigenvalue weighted by Crippen LogP contribution is -2.21. The molecule has 1 saturated carbocycles. The molecule has 0 bridgehead atoms. The van der Waals surface area contributed by atoms with E-state index in [0.717, 1.165) is 11.7 Å². The van der Waals surface area contributed by atoms with E-state index in [9.17, 15) is 4.79 Å². The Morgan fingerprint density at radius 3 is 3.06 bits per heavy atom. The maximum atomic E-state index is 10.7. The number of rotatable bonds is 6. The number of carboxylic acids is 1. The summed E-state index contributed by atoms with van der Waals surface area (Å²) in [6.07, 6.45) is 4.57. The van der Waals surface area contributed by atoms with E-state index < -0.39 is 12.0 Å². The van der Waals surface area contributed by atoms with E-state index >= 15 is 0 Å². The van der Waals surface area contributed by atoms with Crippen LogP contribution in [-0.2, 0) is 4.79 Å². The van der Waals surface area contributed by atoms with Gasteiger partial charge in [-0.3, -0.25) is 4.79 Å². The van der Waals surface area contributed by atoms with Crippen LogP contribution < -0.4 is 11.1 Å². The molecule has 1 atom stereocenters. The summed E-state index contributed by atoms with van der Waals surface area (Å²) in [6.45, 7) is 0.878. The van der Waals surface area contributed by atoms with Crippen LogP contribution in [0.5, 0.6) is 0 Å². The van der Waals surface area contributed by atoms with Crippen LogP contribution in [0.15, 0.2) is 5.38 Å². The number of hydrogen-bond acceptors (Lipinski definition) is 6.